The van der Waals surface area contributed by atoms with E-state index in [0.717, 1.165) is 26.3 Å². The van der Waals surface area contributed by atoms with Gasteiger partial charge >= 0.3 is 0 Å². The number of carbonyl (C=O) groups excluding carboxylic acids is 2. The summed E-state index contributed by atoms with van der Waals surface area (Å²) in [6.45, 7) is 10.8. The minimum Gasteiger partial charge on any atom is -0.379 e. The van der Waals surface area contributed by atoms with Gasteiger partial charge in [0.1, 0.15) is 0 Å². The third-order valence-corrected chi connectivity index (χ3v) is 4.95. The van der Waals surface area contributed by atoms with Gasteiger partial charge in [0.05, 0.1) is 13.2 Å². The van der Waals surface area contributed by atoms with E-state index >= 15 is 0 Å². The molecule has 0 bridgehead atoms. The van der Waals surface area contributed by atoms with Crippen molar-refractivity contribution in [2.24, 2.45) is 5.92 Å². The third-order valence-electron chi connectivity index (χ3n) is 4.95. The molecule has 1 aromatic carbocycles. The fourth-order valence-electron chi connectivity index (χ4n) is 3.15. The number of nitrogens with one attached hydrogen (secondary N) is 1. The lowest BCUT2D eigenvalue weighted by Gasteiger charge is -2.36. The molecule has 1 N–H and O–H groups in total. The van der Waals surface area contributed by atoms with Crippen LogP contribution in [0.1, 0.15) is 41.5 Å². The second-order valence-corrected chi connectivity index (χ2v) is 7.07. The molecule has 2 rings (SSSR count). The maximum absolute atomic E-state index is 12.6. The number of benzene rings is 1. The van der Waals surface area contributed by atoms with Gasteiger partial charge in [0, 0.05) is 50.4 Å². The van der Waals surface area contributed by atoms with Gasteiger partial charge in [-0.1, -0.05) is 19.9 Å². The number of carbonyl (C=O) groups is 2. The highest BCUT2D eigenvalue weighted by Gasteiger charge is 2.24. The van der Waals surface area contributed by atoms with Crippen LogP contribution in [0.25, 0.3) is 0 Å². The highest BCUT2D eigenvalue weighted by molar-refractivity contribution is 5.99. The average molecular weight is 361 g/mol. The van der Waals surface area contributed by atoms with Crippen molar-refractivity contribution in [3.8, 4) is 0 Å². The number of morpholine rings is 1. The topological polar surface area (TPSA) is 61.9 Å². The summed E-state index contributed by atoms with van der Waals surface area (Å²) in [5, 5.41) is 3.04. The van der Waals surface area contributed by atoms with Gasteiger partial charge in [-0.3, -0.25) is 14.5 Å². The van der Waals surface area contributed by atoms with Crippen LogP contribution in [0.3, 0.4) is 0 Å². The standard InChI is InChI=1S/C20H31N3O3/c1-5-22(4)20(25)17-8-6-7-16(13-17)19(24)21-14-18(15(2)3)23-9-11-26-12-10-23/h6-8,13,15,18H,5,9-12,14H2,1-4H3,(H,21,24). The highest BCUT2D eigenvalue weighted by atomic mass is 16.5. The molecule has 1 saturated heterocycles. The van der Waals surface area contributed by atoms with Crippen molar-refractivity contribution in [3.63, 3.8) is 0 Å². The Hall–Kier alpha value is -1.92. The largest absolute Gasteiger partial charge is 0.379 e. The molecule has 26 heavy (non-hydrogen) atoms. The number of ether oxygens (including phenoxy) is 1. The van der Waals surface area contributed by atoms with E-state index in [4.69, 9.17) is 4.74 Å². The second kappa shape index (κ2) is 9.69. The molecule has 6 heteroatoms. The Morgan fingerprint density at radius 1 is 1.23 bits per heavy atom. The Morgan fingerprint density at radius 2 is 1.88 bits per heavy atom. The second-order valence-electron chi connectivity index (χ2n) is 7.07. The fourth-order valence-corrected chi connectivity index (χ4v) is 3.15. The van der Waals surface area contributed by atoms with Gasteiger partial charge in [-0.15, -0.1) is 0 Å². The van der Waals surface area contributed by atoms with Crippen LogP contribution in [0.2, 0.25) is 0 Å². The quantitative estimate of drug-likeness (QED) is 0.805. The molecule has 1 heterocycles. The average Bonchev–Trinajstić information content (AvgIpc) is 2.67. The van der Waals surface area contributed by atoms with Crippen molar-refractivity contribution < 1.29 is 14.3 Å². The van der Waals surface area contributed by atoms with Crippen molar-refractivity contribution >= 4 is 11.8 Å². The number of hydrogen-bond donors (Lipinski definition) is 1. The van der Waals surface area contributed by atoms with E-state index < -0.39 is 0 Å². The van der Waals surface area contributed by atoms with Crippen LogP contribution in [-0.4, -0.2) is 74.1 Å². The van der Waals surface area contributed by atoms with Gasteiger partial charge in [-0.25, -0.2) is 0 Å². The van der Waals surface area contributed by atoms with E-state index in [2.05, 4.69) is 24.1 Å². The molecule has 6 nitrogen and oxygen atoms in total. The first kappa shape index (κ1) is 20.4. The molecule has 0 saturated carbocycles. The molecular weight excluding hydrogens is 330 g/mol. The zero-order valence-electron chi connectivity index (χ0n) is 16.3. The van der Waals surface area contributed by atoms with Gasteiger partial charge in [0.25, 0.3) is 11.8 Å². The van der Waals surface area contributed by atoms with Gasteiger partial charge in [0.15, 0.2) is 0 Å². The minimum absolute atomic E-state index is 0.0736. The van der Waals surface area contributed by atoms with Crippen LogP contribution < -0.4 is 5.32 Å². The Bertz CT molecular complexity index is 612. The van der Waals surface area contributed by atoms with Gasteiger partial charge in [-0.2, -0.15) is 0 Å². The summed E-state index contributed by atoms with van der Waals surface area (Å²) in [4.78, 5) is 28.9. The summed E-state index contributed by atoms with van der Waals surface area (Å²) < 4.78 is 5.42. The summed E-state index contributed by atoms with van der Waals surface area (Å²) in [6.07, 6.45) is 0. The van der Waals surface area contributed by atoms with Crippen LogP contribution in [0.4, 0.5) is 0 Å². The number of rotatable bonds is 7. The molecular formula is C20H31N3O3. The minimum atomic E-state index is -0.141. The van der Waals surface area contributed by atoms with E-state index in [1.165, 1.54) is 0 Å². The molecule has 0 aromatic heterocycles. The van der Waals surface area contributed by atoms with Crippen molar-refractivity contribution in [1.82, 2.24) is 15.1 Å². The Balaban J connectivity index is 2.01. The van der Waals surface area contributed by atoms with E-state index in [1.54, 1.807) is 36.2 Å². The van der Waals surface area contributed by atoms with Crippen molar-refractivity contribution in [2.45, 2.75) is 26.8 Å². The van der Waals surface area contributed by atoms with Gasteiger partial charge < -0.3 is 15.0 Å². The molecule has 0 radical (unpaired) electrons. The molecule has 144 valence electrons. The maximum atomic E-state index is 12.6. The smallest absolute Gasteiger partial charge is 0.253 e. The lowest BCUT2D eigenvalue weighted by molar-refractivity contribution is 0.00672. The third kappa shape index (κ3) is 5.29. The van der Waals surface area contributed by atoms with Crippen LogP contribution >= 0.6 is 0 Å². The molecule has 0 aliphatic carbocycles. The normalized spacial score (nSPS) is 16.3. The molecule has 1 aliphatic heterocycles. The first-order valence-electron chi connectivity index (χ1n) is 9.39. The summed E-state index contributed by atoms with van der Waals surface area (Å²) in [5.74, 6) is 0.216. The van der Waals surface area contributed by atoms with E-state index in [9.17, 15) is 9.59 Å². The summed E-state index contributed by atoms with van der Waals surface area (Å²) >= 11 is 0. The first-order chi connectivity index (χ1) is 12.4. The van der Waals surface area contributed by atoms with E-state index in [-0.39, 0.29) is 17.9 Å². The summed E-state index contributed by atoms with van der Waals surface area (Å²) in [7, 11) is 1.75. The summed E-state index contributed by atoms with van der Waals surface area (Å²) in [6, 6.07) is 7.20. The van der Waals surface area contributed by atoms with Crippen LogP contribution in [0, 0.1) is 5.92 Å². The van der Waals surface area contributed by atoms with Crippen LogP contribution in [0.5, 0.6) is 0 Å². The lowest BCUT2D eigenvalue weighted by Crippen LogP contribution is -2.51. The molecule has 1 atom stereocenters. The fraction of sp³-hybridized carbons (Fsp3) is 0.600. The van der Waals surface area contributed by atoms with Gasteiger partial charge in [0.2, 0.25) is 0 Å². The summed E-state index contributed by atoms with van der Waals surface area (Å²) in [5.41, 5.74) is 1.06. The molecule has 1 unspecified atom stereocenters. The van der Waals surface area contributed by atoms with Crippen molar-refractivity contribution in [2.75, 3.05) is 46.4 Å². The van der Waals surface area contributed by atoms with Crippen LogP contribution in [0.15, 0.2) is 24.3 Å². The Kier molecular flexibility index (Phi) is 7.60. The maximum Gasteiger partial charge on any atom is 0.253 e. The SMILES string of the molecule is CCN(C)C(=O)c1cccc(C(=O)NCC(C(C)C)N2CCOCC2)c1. The molecule has 1 fully saturated rings. The monoisotopic (exact) mass is 361 g/mol. The zero-order chi connectivity index (χ0) is 19.1. The zero-order valence-corrected chi connectivity index (χ0v) is 16.3. The predicted octanol–water partition coefficient (Wildman–Crippen LogP) is 1.87. The first-order valence-corrected chi connectivity index (χ1v) is 9.39. The van der Waals surface area contributed by atoms with E-state index in [1.807, 2.05) is 6.92 Å². The molecule has 2 amide bonds. The lowest BCUT2D eigenvalue weighted by atomic mass is 10.0. The number of hydrogen-bond acceptors (Lipinski definition) is 4. The van der Waals surface area contributed by atoms with Gasteiger partial charge in [-0.05, 0) is 31.0 Å². The number of nitrogens with zero attached hydrogens (tertiary/aromatic N) is 2. The molecule has 1 aromatic rings. The highest BCUT2D eigenvalue weighted by Crippen LogP contribution is 2.13. The van der Waals surface area contributed by atoms with Crippen molar-refractivity contribution in [1.29, 1.82) is 0 Å². The van der Waals surface area contributed by atoms with E-state index in [0.29, 0.717) is 30.1 Å². The predicted molar refractivity (Wildman–Crippen MR) is 102 cm³/mol. The van der Waals surface area contributed by atoms with Crippen LogP contribution in [-0.2, 0) is 4.74 Å². The Morgan fingerprint density at radius 3 is 2.50 bits per heavy atom. The Labute approximate surface area is 156 Å². The molecule has 1 aliphatic rings. The molecule has 0 spiro atoms. The van der Waals surface area contributed by atoms with Crippen molar-refractivity contribution in [3.05, 3.63) is 35.4 Å². The number of amides is 2.